The van der Waals surface area contributed by atoms with Crippen LogP contribution < -0.4 is 19.3 Å². The lowest BCUT2D eigenvalue weighted by Crippen LogP contribution is -2.47. The number of nitrogens with one attached hydrogen (secondary N) is 1. The molecule has 0 saturated carbocycles. The van der Waals surface area contributed by atoms with Crippen molar-refractivity contribution in [3.8, 4) is 11.5 Å². The van der Waals surface area contributed by atoms with Crippen LogP contribution in [0.5, 0.6) is 11.5 Å². The van der Waals surface area contributed by atoms with Gasteiger partial charge in [-0.3, -0.25) is 9.59 Å². The number of ketones is 1. The van der Waals surface area contributed by atoms with E-state index < -0.39 is 52.4 Å². The first kappa shape index (κ1) is 24.8. The molecule has 2 unspecified atom stereocenters. The number of alkyl halides is 3. The van der Waals surface area contributed by atoms with Crippen LogP contribution in [0.25, 0.3) is 0 Å². The Hall–Kier alpha value is -2.87. The third-order valence-corrected chi connectivity index (χ3v) is 5.51. The third kappa shape index (κ3) is 5.93. The molecule has 0 spiro atoms. The number of carboxylic acids is 1. The molecule has 33 heavy (non-hydrogen) atoms. The van der Waals surface area contributed by atoms with Crippen LogP contribution in [0.4, 0.5) is 13.2 Å². The van der Waals surface area contributed by atoms with Gasteiger partial charge in [0.1, 0.15) is 24.2 Å². The lowest BCUT2D eigenvalue weighted by Gasteiger charge is -2.28. The van der Waals surface area contributed by atoms with Crippen LogP contribution in [0.1, 0.15) is 34.0 Å². The molecule has 14 heteroatoms. The lowest BCUT2D eigenvalue weighted by atomic mass is 9.95. The molecule has 0 aliphatic carbocycles. The van der Waals surface area contributed by atoms with Crippen molar-refractivity contribution in [1.82, 2.24) is 4.72 Å². The summed E-state index contributed by atoms with van der Waals surface area (Å²) in [5, 5.41) is 14.0. The smallest absolute Gasteiger partial charge is 0.416 e. The average Bonchev–Trinajstić information content (AvgIpc) is 2.70. The van der Waals surface area contributed by atoms with Gasteiger partial charge in [0.25, 0.3) is 10.2 Å². The van der Waals surface area contributed by atoms with Gasteiger partial charge in [-0.05, 0) is 24.3 Å². The van der Waals surface area contributed by atoms with E-state index in [1.165, 1.54) is 12.1 Å². The summed E-state index contributed by atoms with van der Waals surface area (Å²) in [6, 6.07) is 4.97. The van der Waals surface area contributed by atoms with Crippen molar-refractivity contribution in [1.29, 1.82) is 0 Å². The van der Waals surface area contributed by atoms with Crippen LogP contribution in [0.15, 0.2) is 36.4 Å². The highest BCUT2D eigenvalue weighted by Crippen LogP contribution is 2.43. The summed E-state index contributed by atoms with van der Waals surface area (Å²) < 4.78 is 74.7. The van der Waals surface area contributed by atoms with Gasteiger partial charge in [-0.1, -0.05) is 23.7 Å². The molecule has 178 valence electrons. The van der Waals surface area contributed by atoms with Crippen molar-refractivity contribution in [2.75, 3.05) is 6.61 Å². The highest BCUT2D eigenvalue weighted by atomic mass is 35.5. The van der Waals surface area contributed by atoms with Crippen LogP contribution in [0.2, 0.25) is 5.02 Å². The van der Waals surface area contributed by atoms with E-state index >= 15 is 0 Å². The first-order valence-electron chi connectivity index (χ1n) is 9.11. The van der Waals surface area contributed by atoms with Gasteiger partial charge in [0.05, 0.1) is 22.6 Å². The maximum atomic E-state index is 13.2. The monoisotopic (exact) mass is 508 g/mol. The number of Topliss-reactive ketones (excluding diaryl/α,β-unsaturated/α-hetero) is 1. The minimum Gasteiger partial charge on any atom is -0.491 e. The van der Waals surface area contributed by atoms with Crippen LogP contribution in [0, 0.1) is 0 Å². The van der Waals surface area contributed by atoms with Crippen molar-refractivity contribution in [3.05, 3.63) is 58.1 Å². The maximum absolute atomic E-state index is 13.2. The molecule has 0 bridgehead atoms. The molecule has 3 rings (SSSR count). The molecule has 2 atom stereocenters. The number of carboxylic acid groups (broad SMARTS) is 1. The van der Waals surface area contributed by atoms with Crippen molar-refractivity contribution < 1.29 is 45.8 Å². The Kier molecular flexibility index (Phi) is 6.88. The first-order chi connectivity index (χ1) is 15.3. The van der Waals surface area contributed by atoms with Crippen LogP contribution in [-0.4, -0.2) is 37.9 Å². The average molecular weight is 509 g/mol. The Bertz CT molecular complexity index is 1200. The molecule has 1 aliphatic rings. The van der Waals surface area contributed by atoms with Crippen molar-refractivity contribution in [3.63, 3.8) is 0 Å². The second kappa shape index (κ2) is 9.17. The number of rotatable bonds is 7. The zero-order chi connectivity index (χ0) is 24.6. The number of fused-ring (bicyclic) bond motifs is 1. The zero-order valence-corrected chi connectivity index (χ0v) is 18.0. The predicted octanol–water partition coefficient (Wildman–Crippen LogP) is 2.69. The number of halogens is 4. The largest absolute Gasteiger partial charge is 0.491 e. The number of ether oxygens (including phenoxy) is 2. The van der Waals surface area contributed by atoms with Gasteiger partial charge in [0.15, 0.2) is 11.8 Å². The van der Waals surface area contributed by atoms with E-state index in [2.05, 4.69) is 0 Å². The summed E-state index contributed by atoms with van der Waals surface area (Å²) in [5.41, 5.74) is -0.911. The van der Waals surface area contributed by atoms with E-state index in [1.54, 1.807) is 10.8 Å². The molecule has 0 aromatic heterocycles. The fraction of sp³-hybridized carbons (Fsp3) is 0.263. The van der Waals surface area contributed by atoms with E-state index in [1.807, 2.05) is 0 Å². The molecule has 9 nitrogen and oxygen atoms in total. The van der Waals surface area contributed by atoms with Crippen molar-refractivity contribution in [2.45, 2.75) is 24.7 Å². The zero-order valence-electron chi connectivity index (χ0n) is 16.4. The second-order valence-corrected chi connectivity index (χ2v) is 8.70. The Labute approximate surface area is 190 Å². The second-order valence-electron chi connectivity index (χ2n) is 6.97. The Morgan fingerprint density at radius 1 is 1.33 bits per heavy atom. The molecule has 1 aliphatic heterocycles. The van der Waals surface area contributed by atoms with Gasteiger partial charge >= 0.3 is 12.1 Å². The number of para-hydroxylation sites is 1. The molecule has 1 heterocycles. The first-order valence-corrected chi connectivity index (χ1v) is 11.0. The summed E-state index contributed by atoms with van der Waals surface area (Å²) in [7, 11) is -4.46. The Morgan fingerprint density at radius 3 is 2.64 bits per heavy atom. The highest BCUT2D eigenvalue weighted by Gasteiger charge is 2.35. The standard InChI is InChI=1S/C19H16ClF3N2O7S/c20-12-3-1-2-10-14(26)7-16(32-17(10)12)11-5-4-9(19(21,22)23)6-15(11)31-8-13(18(27)28)25-33(24,29)30/h1-6,13,16,25H,7-8H2,(H,27,28)(H2,24,29,30). The molecule has 0 saturated heterocycles. The number of carbonyl (C=O) groups excluding carboxylic acids is 1. The molecule has 4 N–H and O–H groups in total. The van der Waals surface area contributed by atoms with Crippen LogP contribution in [0.3, 0.4) is 0 Å². The van der Waals surface area contributed by atoms with Gasteiger partial charge in [-0.25, -0.2) is 5.14 Å². The fourth-order valence-corrected chi connectivity index (χ4v) is 3.90. The molecular weight excluding hydrogens is 493 g/mol. The van der Waals surface area contributed by atoms with Crippen molar-refractivity contribution in [2.24, 2.45) is 5.14 Å². The summed E-state index contributed by atoms with van der Waals surface area (Å²) >= 11 is 6.08. The van der Waals surface area contributed by atoms with Crippen LogP contribution in [-0.2, 0) is 21.2 Å². The van der Waals surface area contributed by atoms with E-state index in [0.717, 1.165) is 12.1 Å². The number of benzene rings is 2. The Balaban J connectivity index is 1.98. The SMILES string of the molecule is NS(=O)(=O)NC(COc1cc(C(F)(F)F)ccc1C1CC(=O)c2cccc(Cl)c2O1)C(=O)O. The lowest BCUT2D eigenvalue weighted by molar-refractivity contribution is -0.140. The normalized spacial score (nSPS) is 17.1. The minimum absolute atomic E-state index is 0.00154. The van der Waals surface area contributed by atoms with Crippen molar-refractivity contribution >= 4 is 33.6 Å². The third-order valence-electron chi connectivity index (χ3n) is 4.60. The molecule has 0 amide bonds. The van der Waals surface area contributed by atoms with Gasteiger partial charge < -0.3 is 14.6 Å². The summed E-state index contributed by atoms with van der Waals surface area (Å²) in [6.07, 6.45) is -6.12. The Morgan fingerprint density at radius 2 is 2.03 bits per heavy atom. The number of hydrogen-bond acceptors (Lipinski definition) is 6. The van der Waals surface area contributed by atoms with Gasteiger partial charge in [0.2, 0.25) is 0 Å². The summed E-state index contributed by atoms with van der Waals surface area (Å²) in [4.78, 5) is 23.8. The van der Waals surface area contributed by atoms with Gasteiger partial charge in [-0.15, -0.1) is 0 Å². The van der Waals surface area contributed by atoms with Gasteiger partial charge in [-0.2, -0.15) is 26.3 Å². The molecule has 2 aromatic rings. The molecule has 0 radical (unpaired) electrons. The topological polar surface area (TPSA) is 145 Å². The number of carbonyl (C=O) groups is 2. The minimum atomic E-state index is -4.76. The van der Waals surface area contributed by atoms with E-state index in [4.69, 9.17) is 31.3 Å². The van der Waals surface area contributed by atoms with Gasteiger partial charge in [0, 0.05) is 5.56 Å². The number of hydrogen-bond donors (Lipinski definition) is 3. The highest BCUT2D eigenvalue weighted by molar-refractivity contribution is 7.87. The number of nitrogens with two attached hydrogens (primary N) is 1. The molecular formula is C19H16ClF3N2O7S. The van der Waals surface area contributed by atoms with E-state index in [0.29, 0.717) is 6.07 Å². The van der Waals surface area contributed by atoms with E-state index in [-0.39, 0.29) is 34.1 Å². The van der Waals surface area contributed by atoms with Crippen LogP contribution >= 0.6 is 11.6 Å². The molecule has 2 aromatic carbocycles. The summed E-state index contributed by atoms with van der Waals surface area (Å²) in [6.45, 7) is -0.905. The maximum Gasteiger partial charge on any atom is 0.416 e. The molecule has 0 fully saturated rings. The van der Waals surface area contributed by atoms with E-state index in [9.17, 15) is 31.2 Å². The number of aliphatic carboxylic acids is 1. The predicted molar refractivity (Wildman–Crippen MR) is 108 cm³/mol. The quantitative estimate of drug-likeness (QED) is 0.521. The summed E-state index contributed by atoms with van der Waals surface area (Å²) in [5.74, 6) is -2.47. The fourth-order valence-electron chi connectivity index (χ4n) is 3.11.